The van der Waals surface area contributed by atoms with E-state index in [1.165, 1.54) is 23.5 Å². The number of ether oxygens (including phenoxy) is 1. The van der Waals surface area contributed by atoms with E-state index in [1.807, 2.05) is 4.90 Å². The van der Waals surface area contributed by atoms with E-state index in [9.17, 15) is 13.7 Å². The fourth-order valence-corrected chi connectivity index (χ4v) is 4.56. The minimum absolute atomic E-state index is 0.221. The lowest BCUT2D eigenvalue weighted by molar-refractivity contribution is 0.143. The van der Waals surface area contributed by atoms with Gasteiger partial charge in [-0.1, -0.05) is 11.2 Å². The van der Waals surface area contributed by atoms with Crippen LogP contribution in [0.4, 0.5) is 20.6 Å². The number of furan rings is 1. The van der Waals surface area contributed by atoms with Gasteiger partial charge >= 0.3 is 6.09 Å². The molecule has 1 aromatic carbocycles. The van der Waals surface area contributed by atoms with Gasteiger partial charge in [-0.2, -0.15) is 10.3 Å². The number of nitrogens with one attached hydrogen (secondary N) is 1. The summed E-state index contributed by atoms with van der Waals surface area (Å²) in [4.78, 5) is 19.3. The zero-order valence-corrected chi connectivity index (χ0v) is 17.3. The zero-order valence-electron chi connectivity index (χ0n) is 16.5. The highest BCUT2D eigenvalue weighted by molar-refractivity contribution is 7.91. The molecule has 1 atom stereocenters. The van der Waals surface area contributed by atoms with Crippen molar-refractivity contribution in [3.63, 3.8) is 0 Å². The summed E-state index contributed by atoms with van der Waals surface area (Å²) < 4.78 is 36.6. The van der Waals surface area contributed by atoms with Gasteiger partial charge in [0.25, 0.3) is 0 Å². The number of hydrogen-bond acceptors (Lipinski definition) is 7. The number of amidine groups is 1. The topological polar surface area (TPSA) is 117 Å². The molecule has 2 fully saturated rings. The zero-order chi connectivity index (χ0) is 21.8. The van der Waals surface area contributed by atoms with Gasteiger partial charge in [0.05, 0.1) is 49.4 Å². The number of carbonyl (C=O) groups is 1. The molecule has 1 N–H and O–H groups in total. The summed E-state index contributed by atoms with van der Waals surface area (Å²) in [5, 5.41) is 11.8. The molecule has 2 aliphatic rings. The first-order valence-corrected chi connectivity index (χ1v) is 11.1. The van der Waals surface area contributed by atoms with E-state index in [0.29, 0.717) is 47.4 Å². The van der Waals surface area contributed by atoms with Crippen LogP contribution in [0.1, 0.15) is 5.56 Å². The molecule has 0 bridgehead atoms. The van der Waals surface area contributed by atoms with Crippen LogP contribution < -0.4 is 15.1 Å². The van der Waals surface area contributed by atoms with Gasteiger partial charge in [0.1, 0.15) is 35.5 Å². The van der Waals surface area contributed by atoms with Gasteiger partial charge in [0.15, 0.2) is 0 Å². The maximum atomic E-state index is 14.7. The van der Waals surface area contributed by atoms with Crippen molar-refractivity contribution in [1.82, 2.24) is 5.32 Å². The number of halogens is 1. The Balaban J connectivity index is 1.39. The molecule has 0 radical (unpaired) electrons. The second-order valence-corrected chi connectivity index (χ2v) is 8.74. The number of hydrogen-bond donors (Lipinski definition) is 1. The standard InChI is InChI=1S/C20H20FN5O4S/c21-17-9-15(1-2-18(17)25-4-7-31(28)8-5-25)26-11-16(30-20(26)27)10-23-19(24-13-22)14-3-6-29-12-14/h1-3,6,9,12,16H,4-5,7-8,10-11H2,(H,23,24)/t16-/m0/s1. The van der Waals surface area contributed by atoms with Crippen LogP contribution in [0.2, 0.25) is 0 Å². The molecule has 2 aromatic rings. The van der Waals surface area contributed by atoms with Crippen LogP contribution in [0, 0.1) is 17.3 Å². The highest BCUT2D eigenvalue weighted by Gasteiger charge is 2.33. The summed E-state index contributed by atoms with van der Waals surface area (Å²) in [5.74, 6) is 0.903. The van der Waals surface area contributed by atoms with E-state index in [1.54, 1.807) is 24.4 Å². The van der Waals surface area contributed by atoms with Crippen molar-refractivity contribution in [2.45, 2.75) is 6.10 Å². The van der Waals surface area contributed by atoms with Crippen LogP contribution in [-0.4, -0.2) is 60.3 Å². The lowest BCUT2D eigenvalue weighted by Gasteiger charge is -2.30. The number of nitrogens with zero attached hydrogens (tertiary/aromatic N) is 4. The highest BCUT2D eigenvalue weighted by atomic mass is 32.2. The van der Waals surface area contributed by atoms with Crippen LogP contribution in [0.3, 0.4) is 0 Å². The highest BCUT2D eigenvalue weighted by Crippen LogP contribution is 2.28. The van der Waals surface area contributed by atoms with Crippen molar-refractivity contribution in [3.05, 3.63) is 48.2 Å². The minimum atomic E-state index is -0.844. The number of cyclic esters (lactones) is 1. The van der Waals surface area contributed by atoms with Crippen molar-refractivity contribution in [1.29, 1.82) is 5.26 Å². The Hall–Kier alpha value is -3.23. The maximum Gasteiger partial charge on any atom is 0.414 e. The Kier molecular flexibility index (Phi) is 6.29. The van der Waals surface area contributed by atoms with Gasteiger partial charge in [-0.25, -0.2) is 9.18 Å². The smallest absolute Gasteiger partial charge is 0.414 e. The summed E-state index contributed by atoms with van der Waals surface area (Å²) in [6, 6.07) is 6.27. The minimum Gasteiger partial charge on any atom is -0.616 e. The first-order valence-electron chi connectivity index (χ1n) is 9.66. The van der Waals surface area contributed by atoms with Crippen molar-refractivity contribution in [2.24, 2.45) is 4.99 Å². The second kappa shape index (κ2) is 9.28. The SMILES string of the molecule is N#C/N=C(/NC[C@H]1CN(c2ccc(N3CC[S+]([O-])CC3)c(F)c2)C(=O)O1)c1ccoc1. The number of aliphatic imine (C=N–C) groups is 1. The van der Waals surface area contributed by atoms with Crippen LogP contribution in [-0.2, 0) is 15.9 Å². The summed E-state index contributed by atoms with van der Waals surface area (Å²) in [6.45, 7) is 1.51. The fraction of sp³-hybridized carbons (Fsp3) is 0.350. The molecule has 9 nitrogen and oxygen atoms in total. The molecule has 2 aliphatic heterocycles. The van der Waals surface area contributed by atoms with Crippen LogP contribution in [0.5, 0.6) is 0 Å². The summed E-state index contributed by atoms with van der Waals surface area (Å²) >= 11 is -0.844. The van der Waals surface area contributed by atoms with Crippen LogP contribution >= 0.6 is 0 Å². The Labute approximate surface area is 181 Å². The molecule has 11 heteroatoms. The Morgan fingerprint density at radius 2 is 2.19 bits per heavy atom. The summed E-state index contributed by atoms with van der Waals surface area (Å²) in [7, 11) is 0. The Morgan fingerprint density at radius 1 is 1.39 bits per heavy atom. The van der Waals surface area contributed by atoms with E-state index >= 15 is 0 Å². The number of amides is 1. The largest absolute Gasteiger partial charge is 0.616 e. The lowest BCUT2D eigenvalue weighted by atomic mass is 10.2. The number of rotatable bonds is 5. The predicted molar refractivity (Wildman–Crippen MR) is 113 cm³/mol. The number of anilines is 2. The molecule has 4 rings (SSSR count). The second-order valence-electron chi connectivity index (χ2n) is 7.04. The quantitative estimate of drug-likeness (QED) is 0.323. The summed E-state index contributed by atoms with van der Waals surface area (Å²) in [6.07, 6.45) is 3.54. The number of nitriles is 1. The van der Waals surface area contributed by atoms with Crippen LogP contribution in [0.25, 0.3) is 0 Å². The average Bonchev–Trinajstić information content (AvgIpc) is 3.42. The third-order valence-corrected chi connectivity index (χ3v) is 6.36. The Bertz CT molecular complexity index is 1000. The van der Waals surface area contributed by atoms with E-state index in [4.69, 9.17) is 14.4 Å². The molecule has 162 valence electrons. The van der Waals surface area contributed by atoms with Gasteiger partial charge in [-0.05, 0) is 24.3 Å². The van der Waals surface area contributed by atoms with Crippen molar-refractivity contribution < 1.29 is 22.9 Å². The molecular formula is C20H20FN5O4S. The monoisotopic (exact) mass is 445 g/mol. The molecular weight excluding hydrogens is 425 g/mol. The van der Waals surface area contributed by atoms with E-state index in [0.717, 1.165) is 0 Å². The predicted octanol–water partition coefficient (Wildman–Crippen LogP) is 1.83. The van der Waals surface area contributed by atoms with Gasteiger partial charge in [-0.15, -0.1) is 0 Å². The number of benzene rings is 1. The third-order valence-electron chi connectivity index (χ3n) is 5.09. The van der Waals surface area contributed by atoms with E-state index in [2.05, 4.69) is 10.3 Å². The molecule has 0 saturated carbocycles. The molecule has 1 aromatic heterocycles. The lowest BCUT2D eigenvalue weighted by Crippen LogP contribution is -2.40. The van der Waals surface area contributed by atoms with Crippen molar-refractivity contribution >= 4 is 34.5 Å². The van der Waals surface area contributed by atoms with Crippen LogP contribution in [0.15, 0.2) is 46.2 Å². The van der Waals surface area contributed by atoms with Crippen molar-refractivity contribution in [2.75, 3.05) is 47.5 Å². The molecule has 0 spiro atoms. The van der Waals surface area contributed by atoms with Gasteiger partial charge in [0.2, 0.25) is 6.19 Å². The normalized spacial score (nSPS) is 20.0. The molecule has 0 unspecified atom stereocenters. The first kappa shape index (κ1) is 21.0. The van der Waals surface area contributed by atoms with Gasteiger partial charge in [-0.3, -0.25) is 4.90 Å². The van der Waals surface area contributed by atoms with Crippen molar-refractivity contribution in [3.8, 4) is 6.19 Å². The summed E-state index contributed by atoms with van der Waals surface area (Å²) in [5.41, 5.74) is 1.43. The van der Waals surface area contributed by atoms with Gasteiger partial charge < -0.3 is 23.9 Å². The fourth-order valence-electron chi connectivity index (χ4n) is 3.50. The molecule has 2 saturated heterocycles. The van der Waals surface area contributed by atoms with Gasteiger partial charge in [0, 0.05) is 0 Å². The molecule has 0 aliphatic carbocycles. The van der Waals surface area contributed by atoms with E-state index in [-0.39, 0.29) is 13.1 Å². The van der Waals surface area contributed by atoms with E-state index < -0.39 is 29.2 Å². The molecule has 3 heterocycles. The number of carbonyl (C=O) groups excluding carboxylic acids is 1. The maximum absolute atomic E-state index is 14.7. The average molecular weight is 445 g/mol. The molecule has 31 heavy (non-hydrogen) atoms. The Morgan fingerprint density at radius 3 is 2.87 bits per heavy atom. The first-order chi connectivity index (χ1) is 15.0. The third kappa shape index (κ3) is 4.76. The molecule has 1 amide bonds.